The number of hydrogen-bond donors (Lipinski definition) is 1. The number of aryl methyl sites for hydroxylation is 1. The number of rotatable bonds is 2. The minimum absolute atomic E-state index is 0.0530. The third-order valence-corrected chi connectivity index (χ3v) is 3.22. The first-order valence-electron chi connectivity index (χ1n) is 5.74. The van der Waals surface area contributed by atoms with Crippen LogP contribution in [-0.2, 0) is 9.47 Å². The molecule has 0 unspecified atom stereocenters. The van der Waals surface area contributed by atoms with Gasteiger partial charge in [0.2, 0.25) is 0 Å². The Balaban J connectivity index is 2.07. The Kier molecular flexibility index (Phi) is 4.02. The maximum absolute atomic E-state index is 6.07. The Labute approximate surface area is 117 Å². The number of pyridine rings is 1. The van der Waals surface area contributed by atoms with E-state index in [0.29, 0.717) is 23.5 Å². The van der Waals surface area contributed by atoms with Gasteiger partial charge in [-0.05, 0) is 32.4 Å². The van der Waals surface area contributed by atoms with Crippen LogP contribution in [0.25, 0.3) is 0 Å². The van der Waals surface area contributed by atoms with Crippen molar-refractivity contribution >= 4 is 28.9 Å². The van der Waals surface area contributed by atoms with Crippen LogP contribution >= 0.6 is 23.2 Å². The predicted molar refractivity (Wildman–Crippen MR) is 72.4 cm³/mol. The molecule has 0 spiro atoms. The van der Waals surface area contributed by atoms with Crippen LogP contribution in [0.4, 0.5) is 5.69 Å². The third-order valence-electron chi connectivity index (χ3n) is 2.75. The van der Waals surface area contributed by atoms with Crippen molar-refractivity contribution in [3.05, 3.63) is 21.9 Å². The van der Waals surface area contributed by atoms with Crippen molar-refractivity contribution in [3.63, 3.8) is 0 Å². The molecule has 2 heterocycles. The summed E-state index contributed by atoms with van der Waals surface area (Å²) < 4.78 is 11.2. The van der Waals surface area contributed by atoms with Crippen molar-refractivity contribution in [2.75, 3.05) is 18.5 Å². The molecule has 6 heteroatoms. The first-order chi connectivity index (χ1) is 8.37. The normalized spacial score (nSPS) is 19.8. The van der Waals surface area contributed by atoms with Gasteiger partial charge in [0.05, 0.1) is 24.9 Å². The zero-order chi connectivity index (χ0) is 13.3. The lowest BCUT2D eigenvalue weighted by molar-refractivity contribution is -0.247. The highest BCUT2D eigenvalue weighted by atomic mass is 35.5. The summed E-state index contributed by atoms with van der Waals surface area (Å²) in [4.78, 5) is 4.02. The summed E-state index contributed by atoms with van der Waals surface area (Å²) >= 11 is 11.9. The monoisotopic (exact) mass is 290 g/mol. The van der Waals surface area contributed by atoms with E-state index in [2.05, 4.69) is 10.3 Å². The smallest absolute Gasteiger partial charge is 0.162 e. The van der Waals surface area contributed by atoms with Gasteiger partial charge in [-0.25, -0.2) is 4.98 Å². The lowest BCUT2D eigenvalue weighted by Gasteiger charge is -2.35. The summed E-state index contributed by atoms with van der Waals surface area (Å²) in [5.74, 6) is -0.519. The molecule has 0 aromatic carbocycles. The molecule has 1 saturated heterocycles. The van der Waals surface area contributed by atoms with E-state index in [4.69, 9.17) is 32.7 Å². The number of hydrogen-bond acceptors (Lipinski definition) is 4. The molecule has 18 heavy (non-hydrogen) atoms. The molecule has 1 aromatic heterocycles. The highest BCUT2D eigenvalue weighted by Crippen LogP contribution is 2.28. The predicted octanol–water partition coefficient (Wildman–Crippen LogP) is 3.26. The van der Waals surface area contributed by atoms with Crippen molar-refractivity contribution in [1.82, 2.24) is 4.98 Å². The molecule has 4 nitrogen and oxygen atoms in total. The molecule has 0 radical (unpaired) electrons. The second-order valence-corrected chi connectivity index (χ2v) is 5.54. The van der Waals surface area contributed by atoms with Crippen LogP contribution in [0.1, 0.15) is 19.4 Å². The number of halogens is 2. The summed E-state index contributed by atoms with van der Waals surface area (Å²) in [7, 11) is 0. The van der Waals surface area contributed by atoms with Crippen molar-refractivity contribution < 1.29 is 9.47 Å². The second-order valence-electron chi connectivity index (χ2n) is 4.79. The maximum Gasteiger partial charge on any atom is 0.162 e. The minimum Gasteiger partial charge on any atom is -0.375 e. The van der Waals surface area contributed by atoms with Gasteiger partial charge in [-0.1, -0.05) is 23.2 Å². The molecule has 0 atom stereocenters. The number of nitrogens with zero attached hydrogens (tertiary/aromatic N) is 1. The van der Waals surface area contributed by atoms with Crippen LogP contribution < -0.4 is 5.32 Å². The Hall–Kier alpha value is -0.550. The summed E-state index contributed by atoms with van der Waals surface area (Å²) in [5.41, 5.74) is 1.72. The van der Waals surface area contributed by atoms with E-state index >= 15 is 0 Å². The molecule has 1 aliphatic heterocycles. The number of nitrogens with one attached hydrogen (secondary N) is 1. The van der Waals surface area contributed by atoms with E-state index in [-0.39, 0.29) is 6.04 Å². The van der Waals surface area contributed by atoms with E-state index < -0.39 is 5.79 Å². The van der Waals surface area contributed by atoms with Crippen LogP contribution in [-0.4, -0.2) is 30.0 Å². The molecule has 0 bridgehead atoms. The van der Waals surface area contributed by atoms with Crippen molar-refractivity contribution in [3.8, 4) is 0 Å². The van der Waals surface area contributed by atoms with Crippen molar-refractivity contribution in [2.45, 2.75) is 32.6 Å². The average molecular weight is 291 g/mol. The van der Waals surface area contributed by atoms with E-state index in [1.54, 1.807) is 6.07 Å². The SMILES string of the molecule is Cc1cc(Cl)nc(Cl)c1NC1COC(C)(C)OC1. The lowest BCUT2D eigenvalue weighted by Crippen LogP contribution is -2.45. The van der Waals surface area contributed by atoms with Gasteiger partial charge in [-0.2, -0.15) is 0 Å². The zero-order valence-electron chi connectivity index (χ0n) is 10.6. The van der Waals surface area contributed by atoms with E-state index in [9.17, 15) is 0 Å². The molecular weight excluding hydrogens is 275 g/mol. The Morgan fingerprint density at radius 3 is 2.50 bits per heavy atom. The molecular formula is C12H16Cl2N2O2. The Bertz CT molecular complexity index is 419. The topological polar surface area (TPSA) is 43.4 Å². The minimum atomic E-state index is -0.519. The van der Waals surface area contributed by atoms with Gasteiger partial charge < -0.3 is 14.8 Å². The van der Waals surface area contributed by atoms with Gasteiger partial charge in [0.15, 0.2) is 10.9 Å². The van der Waals surface area contributed by atoms with Gasteiger partial charge in [-0.15, -0.1) is 0 Å². The van der Waals surface area contributed by atoms with Gasteiger partial charge in [0, 0.05) is 0 Å². The summed E-state index contributed by atoms with van der Waals surface area (Å²) in [6.07, 6.45) is 0. The highest BCUT2D eigenvalue weighted by Gasteiger charge is 2.28. The highest BCUT2D eigenvalue weighted by molar-refractivity contribution is 6.34. The summed E-state index contributed by atoms with van der Waals surface area (Å²) in [6, 6.07) is 1.82. The van der Waals surface area contributed by atoms with Gasteiger partial charge >= 0.3 is 0 Å². The standard InChI is InChI=1S/C12H16Cl2N2O2/c1-7-4-9(13)16-11(14)10(7)15-8-5-17-12(2,3)18-6-8/h4,8,15H,5-6H2,1-3H3. The fourth-order valence-electron chi connectivity index (χ4n) is 1.75. The molecule has 0 saturated carbocycles. The average Bonchev–Trinajstić information content (AvgIpc) is 2.25. The van der Waals surface area contributed by atoms with Gasteiger partial charge in [0.25, 0.3) is 0 Å². The summed E-state index contributed by atoms with van der Waals surface area (Å²) in [6.45, 7) is 6.84. The fourth-order valence-corrected chi connectivity index (χ4v) is 2.33. The molecule has 2 rings (SSSR count). The maximum atomic E-state index is 6.07. The molecule has 1 fully saturated rings. The van der Waals surface area contributed by atoms with Crippen LogP contribution in [0.3, 0.4) is 0 Å². The van der Waals surface area contributed by atoms with Gasteiger partial charge in [0.1, 0.15) is 5.15 Å². The molecule has 0 aliphatic carbocycles. The number of ether oxygens (including phenoxy) is 2. The van der Waals surface area contributed by atoms with E-state index in [1.165, 1.54) is 0 Å². The van der Waals surface area contributed by atoms with Crippen molar-refractivity contribution in [2.24, 2.45) is 0 Å². The van der Waals surface area contributed by atoms with E-state index in [1.807, 2.05) is 20.8 Å². The Morgan fingerprint density at radius 1 is 1.33 bits per heavy atom. The second kappa shape index (κ2) is 5.21. The molecule has 1 aromatic rings. The first-order valence-corrected chi connectivity index (χ1v) is 6.50. The first kappa shape index (κ1) is 13.9. The molecule has 0 amide bonds. The number of anilines is 1. The van der Waals surface area contributed by atoms with Crippen LogP contribution in [0.2, 0.25) is 10.3 Å². The summed E-state index contributed by atoms with van der Waals surface area (Å²) in [5, 5.41) is 4.03. The third kappa shape index (κ3) is 3.26. The van der Waals surface area contributed by atoms with Crippen LogP contribution in [0.15, 0.2) is 6.07 Å². The number of aromatic nitrogens is 1. The molecule has 1 N–H and O–H groups in total. The van der Waals surface area contributed by atoms with Gasteiger partial charge in [-0.3, -0.25) is 0 Å². The molecule has 100 valence electrons. The Morgan fingerprint density at radius 2 is 1.94 bits per heavy atom. The van der Waals surface area contributed by atoms with E-state index in [0.717, 1.165) is 11.3 Å². The zero-order valence-corrected chi connectivity index (χ0v) is 12.1. The van der Waals surface area contributed by atoms with Crippen molar-refractivity contribution in [1.29, 1.82) is 0 Å². The fraction of sp³-hybridized carbons (Fsp3) is 0.583. The van der Waals surface area contributed by atoms with Crippen LogP contribution in [0, 0.1) is 6.92 Å². The lowest BCUT2D eigenvalue weighted by atomic mass is 10.2. The van der Waals surface area contributed by atoms with Crippen LogP contribution in [0.5, 0.6) is 0 Å². The largest absolute Gasteiger partial charge is 0.375 e. The quantitative estimate of drug-likeness (QED) is 0.849. The molecule has 1 aliphatic rings.